The smallest absolute Gasteiger partial charge is 0.322 e. The molecule has 1 aliphatic carbocycles. The number of para-hydroxylation sites is 1. The Morgan fingerprint density at radius 1 is 1.10 bits per heavy atom. The van der Waals surface area contributed by atoms with Crippen LogP contribution in [-0.2, 0) is 32.6 Å². The lowest BCUT2D eigenvalue weighted by Gasteiger charge is -2.67. The molecule has 2 bridgehead atoms. The van der Waals surface area contributed by atoms with Crippen LogP contribution in [0.5, 0.6) is 5.75 Å². The van der Waals surface area contributed by atoms with E-state index in [0.717, 1.165) is 33.4 Å². The highest BCUT2D eigenvalue weighted by Crippen LogP contribution is 2.66. The van der Waals surface area contributed by atoms with Crippen molar-refractivity contribution >= 4 is 28.5 Å². The predicted octanol–water partition coefficient (Wildman–Crippen LogP) is 4.89. The Morgan fingerprint density at radius 2 is 1.88 bits per heavy atom. The first-order valence-corrected chi connectivity index (χ1v) is 20.9. The normalized spacial score (nSPS) is 36.0. The molecule has 6 unspecified atom stereocenters. The number of allylic oxidation sites excluding steroid dienone is 1. The molecule has 5 aliphatic heterocycles. The number of methoxy groups -OCH3 is 2. The number of hydrogen-bond acceptors (Lipinski definition) is 10. The van der Waals surface area contributed by atoms with Gasteiger partial charge in [0.1, 0.15) is 17.3 Å². The van der Waals surface area contributed by atoms with Crippen LogP contribution in [-0.4, -0.2) is 119 Å². The number of nitrogens with one attached hydrogen (secondary N) is 1. The predicted molar refractivity (Wildman–Crippen MR) is 222 cm³/mol. The molecular formula is C45H55N7O7. The third-order valence-corrected chi connectivity index (χ3v) is 15.8. The number of amides is 1. The SMILES string of the molecule is C=C1C2CC(O)(CC)CN1CCc1c([nH]c3ccccc13)C(C(=O)OC)(c1cc3c(cc1OC)N(C)C1C4(CCN5CC=C[C@](CC)(C54)[C@@H](O)[C@]1(O)C(=O)N=[N+]=[N-])C3)C2. The summed E-state index contributed by atoms with van der Waals surface area (Å²) in [6.45, 7) is 10.9. The lowest BCUT2D eigenvalue weighted by Crippen LogP contribution is -2.82. The van der Waals surface area contributed by atoms with Gasteiger partial charge in [-0.1, -0.05) is 50.8 Å². The highest BCUT2D eigenvalue weighted by molar-refractivity contribution is 5.94. The van der Waals surface area contributed by atoms with E-state index >= 15 is 4.79 Å². The standard InChI is InChI=1S/C45H55N7O7/c1-7-41(56)22-28-24-44(40(55)59-6,35-30(14-18-52(25-41)26(28)3)29-12-9-10-13-32(29)47-35)31-20-27-23-43-16-19-51-17-11-15-42(8-2,36(43)51)38(53)45(57,39(54)48-49-46)37(43)50(4)33(27)21-34(31)58-5/h9-13,15,20-21,28,36-38,47,53,56-57H,3,7-8,14,16-19,22-25H2,1-2,4-6H3/t28?,36?,37?,38-,41?,42-,43?,44?,45+/m1/s1. The maximum absolute atomic E-state index is 15.2. The Hall–Kier alpha value is -4.85. The number of hydrogen-bond donors (Lipinski definition) is 4. The first-order chi connectivity index (χ1) is 28.2. The number of esters is 1. The number of aliphatic hydroxyl groups excluding tert-OH is 1. The summed E-state index contributed by atoms with van der Waals surface area (Å²) in [5, 5.41) is 41.7. The fourth-order valence-corrected chi connectivity index (χ4v) is 13.3. The quantitative estimate of drug-likeness (QED) is 0.0879. The van der Waals surface area contributed by atoms with E-state index in [0.29, 0.717) is 81.7 Å². The molecule has 2 saturated heterocycles. The van der Waals surface area contributed by atoms with Crippen LogP contribution in [0.4, 0.5) is 5.69 Å². The molecular weight excluding hydrogens is 751 g/mol. The maximum atomic E-state index is 15.2. The average molecular weight is 806 g/mol. The number of aliphatic hydroxyl groups is 3. The van der Waals surface area contributed by atoms with Crippen LogP contribution in [0.3, 0.4) is 0 Å². The van der Waals surface area contributed by atoms with E-state index in [-0.39, 0.29) is 18.4 Å². The van der Waals surface area contributed by atoms with Crippen LogP contribution < -0.4 is 9.64 Å². The van der Waals surface area contributed by atoms with Gasteiger partial charge in [0.2, 0.25) is 0 Å². The van der Waals surface area contributed by atoms with Gasteiger partial charge in [0.05, 0.1) is 25.9 Å². The topological polar surface area (TPSA) is 188 Å². The summed E-state index contributed by atoms with van der Waals surface area (Å²) < 4.78 is 12.2. The van der Waals surface area contributed by atoms with Gasteiger partial charge in [-0.15, -0.1) is 0 Å². The number of anilines is 1. The molecule has 3 fully saturated rings. The molecule has 9 rings (SSSR count). The molecule has 312 valence electrons. The van der Waals surface area contributed by atoms with E-state index in [1.54, 1.807) is 7.11 Å². The molecule has 6 aliphatic rings. The molecule has 1 saturated carbocycles. The lowest BCUT2D eigenvalue weighted by atomic mass is 9.46. The average Bonchev–Trinajstić information content (AvgIpc) is 3.81. The maximum Gasteiger partial charge on any atom is 0.322 e. The van der Waals surface area contributed by atoms with Gasteiger partial charge in [-0.2, -0.15) is 0 Å². The largest absolute Gasteiger partial charge is 0.496 e. The van der Waals surface area contributed by atoms with E-state index in [2.05, 4.69) is 43.5 Å². The Bertz CT molecular complexity index is 2360. The number of aromatic nitrogens is 1. The summed E-state index contributed by atoms with van der Waals surface area (Å²) >= 11 is 0. The monoisotopic (exact) mass is 805 g/mol. The molecule has 1 amide bonds. The molecule has 0 radical (unpaired) electrons. The molecule has 6 heterocycles. The van der Waals surface area contributed by atoms with Crippen LogP contribution >= 0.6 is 0 Å². The zero-order valence-corrected chi connectivity index (χ0v) is 34.6. The number of benzene rings is 2. The molecule has 2 aromatic carbocycles. The zero-order valence-electron chi connectivity index (χ0n) is 34.6. The van der Waals surface area contributed by atoms with Gasteiger partial charge in [0, 0.05) is 94.0 Å². The van der Waals surface area contributed by atoms with Crippen LogP contribution in [0.2, 0.25) is 0 Å². The van der Waals surface area contributed by atoms with Crippen LogP contribution in [0.1, 0.15) is 68.3 Å². The number of piperidine rings is 1. The summed E-state index contributed by atoms with van der Waals surface area (Å²) in [5.41, 5.74) is 8.37. The number of carbonyl (C=O) groups is 2. The van der Waals surface area contributed by atoms with Gasteiger partial charge in [0.25, 0.3) is 5.91 Å². The number of ether oxygens (including phenoxy) is 2. The second-order valence-electron chi connectivity index (χ2n) is 18.1. The van der Waals surface area contributed by atoms with Crippen LogP contribution in [0, 0.1) is 16.7 Å². The summed E-state index contributed by atoms with van der Waals surface area (Å²) in [7, 11) is 4.78. The summed E-state index contributed by atoms with van der Waals surface area (Å²) in [6, 6.07) is 10.7. The van der Waals surface area contributed by atoms with Crippen molar-refractivity contribution in [3.05, 3.63) is 93.7 Å². The molecule has 9 atom stereocenters. The van der Waals surface area contributed by atoms with E-state index in [4.69, 9.17) is 9.47 Å². The molecule has 14 heteroatoms. The van der Waals surface area contributed by atoms with Crippen LogP contribution in [0.25, 0.3) is 21.3 Å². The fourth-order valence-electron chi connectivity index (χ4n) is 13.3. The first kappa shape index (κ1) is 39.6. The summed E-state index contributed by atoms with van der Waals surface area (Å²) in [4.78, 5) is 42.2. The highest BCUT2D eigenvalue weighted by Gasteiger charge is 2.76. The van der Waals surface area contributed by atoms with Gasteiger partial charge in [-0.25, -0.2) is 0 Å². The molecule has 14 nitrogen and oxygen atoms in total. The minimum Gasteiger partial charge on any atom is -0.496 e. The number of carbonyl (C=O) groups excluding carboxylic acids is 2. The number of likely N-dealkylation sites (N-methyl/N-ethyl adjacent to an activating group) is 1. The Labute approximate surface area is 344 Å². The van der Waals surface area contributed by atoms with Crippen molar-refractivity contribution in [2.75, 3.05) is 52.3 Å². The first-order valence-electron chi connectivity index (χ1n) is 20.9. The fraction of sp³-hybridized carbons (Fsp3) is 0.556. The van der Waals surface area contributed by atoms with Gasteiger partial charge >= 0.3 is 5.97 Å². The number of azide groups is 1. The third-order valence-electron chi connectivity index (χ3n) is 15.8. The van der Waals surface area contributed by atoms with Crippen molar-refractivity contribution in [1.29, 1.82) is 0 Å². The number of H-pyrrole nitrogens is 1. The van der Waals surface area contributed by atoms with E-state index in [1.165, 1.54) is 7.11 Å². The number of fused-ring (bicyclic) bond motifs is 6. The summed E-state index contributed by atoms with van der Waals surface area (Å²) in [6.07, 6.45) is 5.57. The number of aromatic amines is 1. The minimum atomic E-state index is -2.46. The number of nitrogens with zero attached hydrogens (tertiary/aromatic N) is 6. The van der Waals surface area contributed by atoms with Crippen molar-refractivity contribution in [2.24, 2.45) is 21.9 Å². The second kappa shape index (κ2) is 13.6. The molecule has 59 heavy (non-hydrogen) atoms. The Balaban J connectivity index is 1.32. The van der Waals surface area contributed by atoms with Gasteiger partial charge in [-0.05, 0) is 85.4 Å². The van der Waals surface area contributed by atoms with Crippen molar-refractivity contribution < 1.29 is 34.4 Å². The Morgan fingerprint density at radius 3 is 2.59 bits per heavy atom. The van der Waals surface area contributed by atoms with E-state index < -0.39 is 51.5 Å². The molecule has 1 aromatic heterocycles. The molecule has 1 spiro atoms. The third kappa shape index (κ3) is 5.10. The van der Waals surface area contributed by atoms with Crippen molar-refractivity contribution in [1.82, 2.24) is 14.8 Å². The van der Waals surface area contributed by atoms with Gasteiger partial charge in [0.15, 0.2) is 5.60 Å². The number of rotatable bonds is 6. The van der Waals surface area contributed by atoms with Gasteiger partial charge in [-0.3, -0.25) is 14.5 Å². The summed E-state index contributed by atoms with van der Waals surface area (Å²) in [5.74, 6) is -1.50. The lowest BCUT2D eigenvalue weighted by molar-refractivity contribution is -0.217. The Kier molecular flexibility index (Phi) is 9.12. The van der Waals surface area contributed by atoms with Crippen molar-refractivity contribution in [3.63, 3.8) is 0 Å². The van der Waals surface area contributed by atoms with Gasteiger partial charge < -0.3 is 39.6 Å². The minimum absolute atomic E-state index is 0.239. The van der Waals surface area contributed by atoms with E-state index in [9.17, 15) is 25.6 Å². The highest BCUT2D eigenvalue weighted by atomic mass is 16.5. The molecule has 3 aromatic rings. The second-order valence-corrected chi connectivity index (χ2v) is 18.1. The van der Waals surface area contributed by atoms with Crippen molar-refractivity contribution in [3.8, 4) is 5.75 Å². The van der Waals surface area contributed by atoms with E-state index in [1.807, 2.05) is 62.2 Å². The molecule has 4 N–H and O–H groups in total. The zero-order chi connectivity index (χ0) is 41.9. The van der Waals surface area contributed by atoms with Crippen LogP contribution in [0.15, 0.2) is 65.9 Å². The van der Waals surface area contributed by atoms with Crippen molar-refractivity contribution in [2.45, 2.75) is 93.6 Å².